The van der Waals surface area contributed by atoms with Gasteiger partial charge in [0.05, 0.1) is 33.9 Å². The van der Waals surface area contributed by atoms with Gasteiger partial charge in [-0.05, 0) is 35.4 Å². The Hall–Kier alpha value is -3.88. The molecule has 4 atom stereocenters. The Balaban J connectivity index is 1.74. The number of hydrogen-bond donors (Lipinski definition) is 0. The number of carbonyl (C=O) groups is 2. The number of esters is 2. The van der Waals surface area contributed by atoms with Gasteiger partial charge in [0, 0.05) is 23.5 Å². The Bertz CT molecular complexity index is 1150. The number of rotatable bonds is 6. The third-order valence-electron chi connectivity index (χ3n) is 6.58. The van der Waals surface area contributed by atoms with Gasteiger partial charge in [0.25, 0.3) is 0 Å². The Labute approximate surface area is 196 Å². The van der Waals surface area contributed by atoms with Gasteiger partial charge in [-0.25, -0.2) is 4.79 Å². The Morgan fingerprint density at radius 3 is 2.21 bits per heavy atom. The zero-order valence-electron chi connectivity index (χ0n) is 19.0. The minimum atomic E-state index is -0.718. The highest BCUT2D eigenvalue weighted by molar-refractivity contribution is 5.82. The van der Waals surface area contributed by atoms with Crippen molar-refractivity contribution in [3.8, 4) is 28.7 Å². The van der Waals surface area contributed by atoms with Crippen LogP contribution >= 0.6 is 0 Å². The zero-order chi connectivity index (χ0) is 24.0. The maximum atomic E-state index is 13.0. The van der Waals surface area contributed by atoms with Crippen LogP contribution in [0.25, 0.3) is 0 Å². The van der Waals surface area contributed by atoms with Crippen LogP contribution in [0, 0.1) is 11.8 Å². The van der Waals surface area contributed by atoms with Crippen molar-refractivity contribution in [1.82, 2.24) is 0 Å². The first kappa shape index (κ1) is 21.9. The topological polar surface area (TPSA) is 98.8 Å². The van der Waals surface area contributed by atoms with E-state index >= 15 is 0 Å². The first-order valence-electron chi connectivity index (χ1n) is 10.7. The largest absolute Gasteiger partial charge is 0.493 e. The van der Waals surface area contributed by atoms with E-state index in [0.717, 1.165) is 22.8 Å². The van der Waals surface area contributed by atoms with Crippen LogP contribution in [0.3, 0.4) is 0 Å². The molecule has 0 saturated carbocycles. The highest BCUT2D eigenvalue weighted by atomic mass is 16.7. The van der Waals surface area contributed by atoms with Crippen molar-refractivity contribution < 1.29 is 42.7 Å². The molecule has 0 unspecified atom stereocenters. The van der Waals surface area contributed by atoms with E-state index in [1.54, 1.807) is 0 Å². The molecular formula is C25H24O9. The molecule has 0 N–H and O–H groups in total. The lowest BCUT2D eigenvalue weighted by molar-refractivity contribution is -0.148. The second-order valence-electron chi connectivity index (χ2n) is 8.15. The van der Waals surface area contributed by atoms with E-state index in [1.807, 2.05) is 24.3 Å². The van der Waals surface area contributed by atoms with Gasteiger partial charge in [0.1, 0.15) is 6.10 Å². The van der Waals surface area contributed by atoms with E-state index in [-0.39, 0.29) is 19.4 Å². The monoisotopic (exact) mass is 468 g/mol. The van der Waals surface area contributed by atoms with Crippen LogP contribution in [0.4, 0.5) is 0 Å². The van der Waals surface area contributed by atoms with Gasteiger partial charge in [0.15, 0.2) is 23.0 Å². The molecule has 1 aliphatic carbocycles. The molecule has 2 heterocycles. The summed E-state index contributed by atoms with van der Waals surface area (Å²) in [4.78, 5) is 25.3. The van der Waals surface area contributed by atoms with Crippen LogP contribution in [0.5, 0.6) is 28.7 Å². The predicted octanol–water partition coefficient (Wildman–Crippen LogP) is 3.15. The maximum absolute atomic E-state index is 13.0. The molecule has 9 heteroatoms. The number of hydrogen-bond acceptors (Lipinski definition) is 9. The van der Waals surface area contributed by atoms with Crippen LogP contribution in [0.15, 0.2) is 36.9 Å². The molecule has 2 aromatic rings. The molecule has 0 spiro atoms. The molecule has 0 bridgehead atoms. The molecular weight excluding hydrogens is 444 g/mol. The van der Waals surface area contributed by atoms with Crippen molar-refractivity contribution in [2.75, 3.05) is 34.7 Å². The van der Waals surface area contributed by atoms with Crippen LogP contribution in [-0.2, 0) is 19.1 Å². The molecule has 1 saturated heterocycles. The lowest BCUT2D eigenvalue weighted by atomic mass is 9.66. The second-order valence-corrected chi connectivity index (χ2v) is 8.15. The number of ether oxygens (including phenoxy) is 7. The van der Waals surface area contributed by atoms with Crippen molar-refractivity contribution in [2.24, 2.45) is 11.8 Å². The van der Waals surface area contributed by atoms with E-state index in [0.29, 0.717) is 28.7 Å². The normalized spacial score (nSPS) is 23.9. The van der Waals surface area contributed by atoms with Gasteiger partial charge in [-0.3, -0.25) is 4.79 Å². The fraction of sp³-hybridized carbons (Fsp3) is 0.360. The first-order valence-corrected chi connectivity index (χ1v) is 10.7. The molecule has 1 fully saturated rings. The molecule has 0 radical (unpaired) electrons. The SMILES string of the molecule is C=CC(=O)O[C@H]1c2cc3c(cc2[C@@H](c2cc(OC)c(OC)c(OC)c2)[C@H]2C(=O)OC[C@@H]21)OCO3. The van der Waals surface area contributed by atoms with E-state index in [4.69, 9.17) is 33.2 Å². The minimum Gasteiger partial charge on any atom is -0.493 e. The fourth-order valence-corrected chi connectivity index (χ4v) is 5.12. The summed E-state index contributed by atoms with van der Waals surface area (Å²) < 4.78 is 39.0. The summed E-state index contributed by atoms with van der Waals surface area (Å²) in [5.41, 5.74) is 2.25. The van der Waals surface area contributed by atoms with Crippen molar-refractivity contribution in [3.63, 3.8) is 0 Å². The Morgan fingerprint density at radius 1 is 0.971 bits per heavy atom. The van der Waals surface area contributed by atoms with Gasteiger partial charge >= 0.3 is 11.9 Å². The van der Waals surface area contributed by atoms with Crippen molar-refractivity contribution in [2.45, 2.75) is 12.0 Å². The van der Waals surface area contributed by atoms with Crippen molar-refractivity contribution >= 4 is 11.9 Å². The predicted molar refractivity (Wildman–Crippen MR) is 117 cm³/mol. The van der Waals surface area contributed by atoms with E-state index in [1.165, 1.54) is 21.3 Å². The number of carbonyl (C=O) groups excluding carboxylic acids is 2. The van der Waals surface area contributed by atoms with Crippen LogP contribution in [-0.4, -0.2) is 46.7 Å². The molecule has 178 valence electrons. The second kappa shape index (κ2) is 8.48. The van der Waals surface area contributed by atoms with Gasteiger partial charge in [-0.15, -0.1) is 0 Å². The lowest BCUT2D eigenvalue weighted by Gasteiger charge is -2.38. The number of benzene rings is 2. The number of fused-ring (bicyclic) bond motifs is 3. The zero-order valence-corrected chi connectivity index (χ0v) is 19.0. The van der Waals surface area contributed by atoms with Gasteiger partial charge < -0.3 is 33.2 Å². The summed E-state index contributed by atoms with van der Waals surface area (Å²) in [6, 6.07) is 7.28. The van der Waals surface area contributed by atoms with E-state index < -0.39 is 29.8 Å². The highest BCUT2D eigenvalue weighted by Crippen LogP contribution is 2.56. The van der Waals surface area contributed by atoms with E-state index in [2.05, 4.69) is 6.58 Å². The highest BCUT2D eigenvalue weighted by Gasteiger charge is 2.54. The first-order chi connectivity index (χ1) is 16.5. The maximum Gasteiger partial charge on any atom is 0.330 e. The summed E-state index contributed by atoms with van der Waals surface area (Å²) in [6.45, 7) is 3.70. The smallest absolute Gasteiger partial charge is 0.330 e. The van der Waals surface area contributed by atoms with Crippen LogP contribution in [0.2, 0.25) is 0 Å². The van der Waals surface area contributed by atoms with Crippen molar-refractivity contribution in [1.29, 1.82) is 0 Å². The molecule has 5 rings (SSSR count). The van der Waals surface area contributed by atoms with Gasteiger partial charge in [0.2, 0.25) is 12.5 Å². The summed E-state index contributed by atoms with van der Waals surface area (Å²) >= 11 is 0. The molecule has 34 heavy (non-hydrogen) atoms. The molecule has 2 aromatic carbocycles. The minimum absolute atomic E-state index is 0.0824. The molecule has 3 aliphatic rings. The summed E-state index contributed by atoms with van der Waals surface area (Å²) in [5, 5.41) is 0. The number of methoxy groups -OCH3 is 3. The third-order valence-corrected chi connectivity index (χ3v) is 6.58. The lowest BCUT2D eigenvalue weighted by Crippen LogP contribution is -2.36. The standard InChI is InChI=1S/C25H24O9/c1-5-20(26)34-23-14-9-17-16(32-11-33-17)8-13(14)21(22-15(23)10-31-25(22)27)12-6-18(28-2)24(30-4)19(7-12)29-3/h5-9,15,21-23H,1,10-11H2,2-4H3/t15-,21+,22-,23-/m0/s1. The number of cyclic esters (lactones) is 1. The van der Waals surface area contributed by atoms with Gasteiger partial charge in [-0.1, -0.05) is 6.58 Å². The summed E-state index contributed by atoms with van der Waals surface area (Å²) in [5.74, 6) is 0.0390. The van der Waals surface area contributed by atoms with Crippen LogP contribution in [0.1, 0.15) is 28.7 Å². The quantitative estimate of drug-likeness (QED) is 0.468. The average Bonchev–Trinajstić information content (AvgIpc) is 3.48. The molecule has 0 aromatic heterocycles. The Kier molecular flexibility index (Phi) is 5.47. The summed E-state index contributed by atoms with van der Waals surface area (Å²) in [7, 11) is 4.59. The van der Waals surface area contributed by atoms with Gasteiger partial charge in [-0.2, -0.15) is 0 Å². The Morgan fingerprint density at radius 2 is 1.62 bits per heavy atom. The third kappa shape index (κ3) is 3.30. The molecule has 0 amide bonds. The molecule has 9 nitrogen and oxygen atoms in total. The molecule has 2 aliphatic heterocycles. The average molecular weight is 468 g/mol. The van der Waals surface area contributed by atoms with E-state index in [9.17, 15) is 9.59 Å². The summed E-state index contributed by atoms with van der Waals surface area (Å²) in [6.07, 6.45) is 0.384. The van der Waals surface area contributed by atoms with Crippen molar-refractivity contribution in [3.05, 3.63) is 53.6 Å². The van der Waals surface area contributed by atoms with Crippen LogP contribution < -0.4 is 23.7 Å². The fourth-order valence-electron chi connectivity index (χ4n) is 5.12.